The van der Waals surface area contributed by atoms with E-state index in [1.807, 2.05) is 13.0 Å². The van der Waals surface area contributed by atoms with Gasteiger partial charge in [-0.15, -0.1) is 0 Å². The lowest BCUT2D eigenvalue weighted by molar-refractivity contribution is 0.450. The highest BCUT2D eigenvalue weighted by atomic mass is 79.9. The highest BCUT2D eigenvalue weighted by Gasteiger charge is 2.12. The van der Waals surface area contributed by atoms with Gasteiger partial charge >= 0.3 is 0 Å². The van der Waals surface area contributed by atoms with Gasteiger partial charge in [-0.05, 0) is 64.5 Å². The molecule has 2 nitrogen and oxygen atoms in total. The second-order valence-corrected chi connectivity index (χ2v) is 5.84. The minimum atomic E-state index is 0.416. The Morgan fingerprint density at radius 3 is 2.58 bits per heavy atom. The maximum absolute atomic E-state index is 6.01. The van der Waals surface area contributed by atoms with Gasteiger partial charge in [0, 0.05) is 6.20 Å². The van der Waals surface area contributed by atoms with Crippen LogP contribution in [-0.4, -0.2) is 4.98 Å². The Morgan fingerprint density at radius 1 is 1.16 bits per heavy atom. The molecule has 0 amide bonds. The Hall–Kier alpha value is -1.35. The summed E-state index contributed by atoms with van der Waals surface area (Å²) in [6.07, 6.45) is 1.76. The van der Waals surface area contributed by atoms with Gasteiger partial charge in [-0.1, -0.05) is 26.0 Å². The average Bonchev–Trinajstić information content (AvgIpc) is 2.35. The zero-order valence-corrected chi connectivity index (χ0v) is 13.3. The van der Waals surface area contributed by atoms with Gasteiger partial charge < -0.3 is 4.74 Å². The predicted molar refractivity (Wildman–Crippen MR) is 82.0 cm³/mol. The molecular formula is C16H18BrNO. The van der Waals surface area contributed by atoms with Gasteiger partial charge in [0.1, 0.15) is 5.75 Å². The monoisotopic (exact) mass is 319 g/mol. The molecule has 0 unspecified atom stereocenters. The van der Waals surface area contributed by atoms with Gasteiger partial charge in [0.25, 0.3) is 0 Å². The fraction of sp³-hybridized carbons (Fsp3) is 0.312. The quantitative estimate of drug-likeness (QED) is 0.758. The maximum atomic E-state index is 6.01. The number of halogens is 1. The molecule has 0 saturated carbocycles. The molecule has 0 atom stereocenters. The molecule has 0 radical (unpaired) electrons. The van der Waals surface area contributed by atoms with Crippen molar-refractivity contribution in [1.82, 2.24) is 4.98 Å². The van der Waals surface area contributed by atoms with E-state index >= 15 is 0 Å². The molecule has 0 aliphatic rings. The largest absolute Gasteiger partial charge is 0.438 e. The Labute approximate surface area is 123 Å². The molecule has 0 bridgehead atoms. The van der Waals surface area contributed by atoms with E-state index in [0.29, 0.717) is 11.8 Å². The van der Waals surface area contributed by atoms with Gasteiger partial charge in [0.05, 0.1) is 4.47 Å². The van der Waals surface area contributed by atoms with Crippen LogP contribution < -0.4 is 4.74 Å². The highest BCUT2D eigenvalue weighted by Crippen LogP contribution is 2.34. The third-order valence-electron chi connectivity index (χ3n) is 3.05. The topological polar surface area (TPSA) is 22.1 Å². The molecule has 0 fully saturated rings. The zero-order chi connectivity index (χ0) is 14.0. The summed E-state index contributed by atoms with van der Waals surface area (Å²) in [5.74, 6) is 1.92. The zero-order valence-electron chi connectivity index (χ0n) is 11.7. The number of pyridine rings is 1. The predicted octanol–water partition coefficient (Wildman–Crippen LogP) is 5.38. The Bertz CT molecular complexity index is 593. The molecule has 3 heteroatoms. The molecule has 2 aromatic rings. The molecule has 1 heterocycles. The molecule has 19 heavy (non-hydrogen) atoms. The van der Waals surface area contributed by atoms with Gasteiger partial charge in [0.15, 0.2) is 0 Å². The number of rotatable bonds is 3. The van der Waals surface area contributed by atoms with E-state index in [2.05, 4.69) is 59.9 Å². The summed E-state index contributed by atoms with van der Waals surface area (Å²) in [4.78, 5) is 4.30. The van der Waals surface area contributed by atoms with Crippen LogP contribution in [-0.2, 0) is 0 Å². The SMILES string of the molecule is Cc1ccc(C(C)C)c(Oc2nccc(C)c2Br)c1. The first-order chi connectivity index (χ1) is 8.99. The molecule has 100 valence electrons. The molecule has 0 aliphatic heterocycles. The number of hydrogen-bond donors (Lipinski definition) is 0. The standard InChI is InChI=1S/C16H18BrNO/c1-10(2)13-6-5-11(3)9-14(13)19-16-15(17)12(4)7-8-18-16/h5-10H,1-4H3. The van der Waals surface area contributed by atoms with Crippen LogP contribution in [0.25, 0.3) is 0 Å². The molecule has 0 N–H and O–H groups in total. The van der Waals surface area contributed by atoms with Crippen LogP contribution in [0, 0.1) is 13.8 Å². The van der Waals surface area contributed by atoms with Crippen molar-refractivity contribution in [2.45, 2.75) is 33.6 Å². The second kappa shape index (κ2) is 5.74. The molecule has 0 saturated heterocycles. The maximum Gasteiger partial charge on any atom is 0.233 e. The Balaban J connectivity index is 2.42. The minimum absolute atomic E-state index is 0.416. The molecular weight excluding hydrogens is 302 g/mol. The smallest absolute Gasteiger partial charge is 0.233 e. The van der Waals surface area contributed by atoms with Crippen LogP contribution in [0.15, 0.2) is 34.9 Å². The molecule has 2 rings (SSSR count). The summed E-state index contributed by atoms with van der Waals surface area (Å²) in [5, 5.41) is 0. The van der Waals surface area contributed by atoms with E-state index in [1.165, 1.54) is 11.1 Å². The van der Waals surface area contributed by atoms with E-state index in [9.17, 15) is 0 Å². The van der Waals surface area contributed by atoms with Crippen LogP contribution in [0.4, 0.5) is 0 Å². The number of nitrogens with zero attached hydrogens (tertiary/aromatic N) is 1. The summed E-state index contributed by atoms with van der Waals surface area (Å²) in [5.41, 5.74) is 3.49. The summed E-state index contributed by atoms with van der Waals surface area (Å²) < 4.78 is 6.91. The molecule has 0 aliphatic carbocycles. The summed E-state index contributed by atoms with van der Waals surface area (Å²) >= 11 is 3.53. The van der Waals surface area contributed by atoms with Crippen LogP contribution in [0.3, 0.4) is 0 Å². The van der Waals surface area contributed by atoms with Crippen LogP contribution in [0.1, 0.15) is 36.5 Å². The Kier molecular flexibility index (Phi) is 4.25. The van der Waals surface area contributed by atoms with E-state index in [-0.39, 0.29) is 0 Å². The lowest BCUT2D eigenvalue weighted by Crippen LogP contribution is -1.97. The minimum Gasteiger partial charge on any atom is -0.438 e. The lowest BCUT2D eigenvalue weighted by Gasteiger charge is -2.15. The van der Waals surface area contributed by atoms with E-state index in [1.54, 1.807) is 6.20 Å². The number of aryl methyl sites for hydroxylation is 2. The van der Waals surface area contributed by atoms with Crippen LogP contribution in [0.5, 0.6) is 11.6 Å². The van der Waals surface area contributed by atoms with Gasteiger partial charge in [0.2, 0.25) is 5.88 Å². The first-order valence-corrected chi connectivity index (χ1v) is 7.18. The number of ether oxygens (including phenoxy) is 1. The van der Waals surface area contributed by atoms with E-state index < -0.39 is 0 Å². The van der Waals surface area contributed by atoms with E-state index in [4.69, 9.17) is 4.74 Å². The number of hydrogen-bond acceptors (Lipinski definition) is 2. The normalized spacial score (nSPS) is 10.8. The second-order valence-electron chi connectivity index (χ2n) is 5.05. The number of aromatic nitrogens is 1. The summed E-state index contributed by atoms with van der Waals surface area (Å²) in [6, 6.07) is 8.25. The van der Waals surface area contributed by atoms with Crippen LogP contribution in [0.2, 0.25) is 0 Å². The van der Waals surface area contributed by atoms with Crippen molar-refractivity contribution < 1.29 is 4.74 Å². The fourth-order valence-corrected chi connectivity index (χ4v) is 2.21. The first-order valence-electron chi connectivity index (χ1n) is 6.38. The lowest BCUT2D eigenvalue weighted by atomic mass is 10.0. The molecule has 0 spiro atoms. The van der Waals surface area contributed by atoms with Crippen molar-refractivity contribution in [2.24, 2.45) is 0 Å². The molecule has 1 aromatic heterocycles. The van der Waals surface area contributed by atoms with Gasteiger partial charge in [-0.2, -0.15) is 0 Å². The average molecular weight is 320 g/mol. The first kappa shape index (κ1) is 14.1. The number of benzene rings is 1. The molecule has 1 aromatic carbocycles. The third kappa shape index (κ3) is 3.16. The van der Waals surface area contributed by atoms with Gasteiger partial charge in [-0.25, -0.2) is 4.98 Å². The van der Waals surface area contributed by atoms with Crippen molar-refractivity contribution in [3.05, 3.63) is 51.6 Å². The van der Waals surface area contributed by atoms with Crippen LogP contribution >= 0.6 is 15.9 Å². The van der Waals surface area contributed by atoms with Crippen molar-refractivity contribution >= 4 is 15.9 Å². The summed E-state index contributed by atoms with van der Waals surface area (Å²) in [7, 11) is 0. The van der Waals surface area contributed by atoms with E-state index in [0.717, 1.165) is 15.8 Å². The van der Waals surface area contributed by atoms with Crippen molar-refractivity contribution in [3.63, 3.8) is 0 Å². The van der Waals surface area contributed by atoms with Crippen molar-refractivity contribution in [3.8, 4) is 11.6 Å². The highest BCUT2D eigenvalue weighted by molar-refractivity contribution is 9.10. The third-order valence-corrected chi connectivity index (χ3v) is 4.01. The van der Waals surface area contributed by atoms with Crippen molar-refractivity contribution in [1.29, 1.82) is 0 Å². The Morgan fingerprint density at radius 2 is 1.89 bits per heavy atom. The summed E-state index contributed by atoms with van der Waals surface area (Å²) in [6.45, 7) is 8.42. The fourth-order valence-electron chi connectivity index (χ4n) is 1.90. The van der Waals surface area contributed by atoms with Gasteiger partial charge in [-0.3, -0.25) is 0 Å². The van der Waals surface area contributed by atoms with Crippen molar-refractivity contribution in [2.75, 3.05) is 0 Å².